The number of fused-ring (bicyclic) bond motifs is 1. The van der Waals surface area contributed by atoms with Crippen molar-refractivity contribution in [2.75, 3.05) is 41.5 Å². The first-order chi connectivity index (χ1) is 17.5. The van der Waals surface area contributed by atoms with E-state index >= 15 is 0 Å². The van der Waals surface area contributed by atoms with Gasteiger partial charge in [-0.3, -0.25) is 15.0 Å². The molecule has 0 N–H and O–H groups in total. The van der Waals surface area contributed by atoms with Crippen LogP contribution in [0.3, 0.4) is 0 Å². The molecule has 0 amide bonds. The molecule has 1 atom stereocenters. The molecular weight excluding hydrogens is 460 g/mol. The highest BCUT2D eigenvalue weighted by Gasteiger charge is 2.35. The van der Waals surface area contributed by atoms with Crippen LogP contribution in [0.15, 0.2) is 54.6 Å². The second kappa shape index (κ2) is 11.3. The van der Waals surface area contributed by atoms with Crippen molar-refractivity contribution in [3.8, 4) is 23.0 Å². The average Bonchev–Trinajstić information content (AvgIpc) is 2.91. The zero-order valence-corrected chi connectivity index (χ0v) is 21.2. The van der Waals surface area contributed by atoms with Gasteiger partial charge in [-0.1, -0.05) is 30.3 Å². The Balaban J connectivity index is 1.81. The molecule has 0 fully saturated rings. The number of nitro benzene ring substituents is 1. The lowest BCUT2D eigenvalue weighted by Gasteiger charge is -2.38. The molecule has 36 heavy (non-hydrogen) atoms. The third-order valence-corrected chi connectivity index (χ3v) is 6.75. The molecule has 0 aliphatic carbocycles. The normalized spacial score (nSPS) is 15.2. The molecule has 0 saturated heterocycles. The van der Waals surface area contributed by atoms with Crippen molar-refractivity contribution in [3.05, 3.63) is 87.0 Å². The van der Waals surface area contributed by atoms with E-state index < -0.39 is 0 Å². The van der Waals surface area contributed by atoms with Gasteiger partial charge in [-0.25, -0.2) is 0 Å². The van der Waals surface area contributed by atoms with Crippen LogP contribution in [0.1, 0.15) is 34.7 Å². The lowest BCUT2D eigenvalue weighted by Crippen LogP contribution is -2.37. The molecule has 8 heteroatoms. The predicted molar refractivity (Wildman–Crippen MR) is 138 cm³/mol. The maximum absolute atomic E-state index is 12.2. The minimum Gasteiger partial charge on any atom is -0.493 e. The van der Waals surface area contributed by atoms with E-state index in [0.717, 1.165) is 43.5 Å². The van der Waals surface area contributed by atoms with Gasteiger partial charge in [0, 0.05) is 6.54 Å². The number of methoxy groups -OCH3 is 4. The van der Waals surface area contributed by atoms with Crippen LogP contribution >= 0.6 is 0 Å². The van der Waals surface area contributed by atoms with Crippen LogP contribution < -0.4 is 18.9 Å². The van der Waals surface area contributed by atoms with Crippen molar-refractivity contribution in [2.24, 2.45) is 0 Å². The Hall–Kier alpha value is -3.78. The maximum atomic E-state index is 12.2. The van der Waals surface area contributed by atoms with Crippen molar-refractivity contribution in [1.82, 2.24) is 4.90 Å². The number of hydrogen-bond donors (Lipinski definition) is 0. The molecule has 1 aliphatic rings. The van der Waals surface area contributed by atoms with E-state index in [-0.39, 0.29) is 16.7 Å². The van der Waals surface area contributed by atoms with Gasteiger partial charge in [0.1, 0.15) is 0 Å². The summed E-state index contributed by atoms with van der Waals surface area (Å²) in [5.74, 6) is 2.02. The number of aryl methyl sites for hydroxylation is 1. The summed E-state index contributed by atoms with van der Waals surface area (Å²) >= 11 is 0. The number of nitrogens with zero attached hydrogens (tertiary/aromatic N) is 2. The molecule has 8 nitrogen and oxygen atoms in total. The molecular formula is C28H32N2O6. The fourth-order valence-corrected chi connectivity index (χ4v) is 4.99. The first-order valence-electron chi connectivity index (χ1n) is 11.9. The fraction of sp³-hybridized carbons (Fsp3) is 0.357. The molecule has 0 saturated carbocycles. The van der Waals surface area contributed by atoms with Gasteiger partial charge < -0.3 is 18.9 Å². The van der Waals surface area contributed by atoms with Gasteiger partial charge >= 0.3 is 0 Å². The monoisotopic (exact) mass is 492 g/mol. The van der Waals surface area contributed by atoms with Gasteiger partial charge in [0.2, 0.25) is 0 Å². The lowest BCUT2D eigenvalue weighted by atomic mass is 9.86. The number of hydrogen-bond acceptors (Lipinski definition) is 7. The molecule has 0 radical (unpaired) electrons. The van der Waals surface area contributed by atoms with Crippen molar-refractivity contribution in [2.45, 2.75) is 25.3 Å². The summed E-state index contributed by atoms with van der Waals surface area (Å²) in [7, 11) is 6.22. The van der Waals surface area contributed by atoms with Crippen LogP contribution in [-0.4, -0.2) is 51.4 Å². The van der Waals surface area contributed by atoms with Crippen LogP contribution in [0, 0.1) is 10.1 Å². The second-order valence-corrected chi connectivity index (χ2v) is 8.71. The van der Waals surface area contributed by atoms with Crippen LogP contribution in [-0.2, 0) is 12.8 Å². The Bertz CT molecular complexity index is 1210. The first-order valence-corrected chi connectivity index (χ1v) is 11.9. The zero-order chi connectivity index (χ0) is 25.7. The smallest absolute Gasteiger partial charge is 0.278 e. The summed E-state index contributed by atoms with van der Waals surface area (Å²) in [5, 5.41) is 12.2. The van der Waals surface area contributed by atoms with Crippen LogP contribution in [0.25, 0.3) is 0 Å². The highest BCUT2D eigenvalue weighted by molar-refractivity contribution is 5.60. The van der Waals surface area contributed by atoms with E-state index in [2.05, 4.69) is 17.0 Å². The van der Waals surface area contributed by atoms with Crippen LogP contribution in [0.4, 0.5) is 5.69 Å². The predicted octanol–water partition coefficient (Wildman–Crippen LogP) is 5.21. The molecule has 3 aromatic carbocycles. The Morgan fingerprint density at radius 3 is 2.06 bits per heavy atom. The first kappa shape index (κ1) is 25.3. The molecule has 0 spiro atoms. The topological polar surface area (TPSA) is 83.3 Å². The molecule has 3 aromatic rings. The SMILES string of the molecule is COc1cc2c(cc1OC)C(c1cc(OC)c(OC)cc1[N+](=O)[O-])N(CCCc1ccccc1)CC2. The van der Waals surface area contributed by atoms with Gasteiger partial charge in [0.05, 0.1) is 51.0 Å². The summed E-state index contributed by atoms with van der Waals surface area (Å²) in [6, 6.07) is 17.1. The van der Waals surface area contributed by atoms with E-state index in [1.165, 1.54) is 25.8 Å². The van der Waals surface area contributed by atoms with Crippen molar-refractivity contribution >= 4 is 5.69 Å². The standard InChI is InChI=1S/C28H32N2O6/c1-33-24-15-20-12-14-29(13-8-11-19-9-6-5-7-10-19)28(21(20)16-25(24)34-2)22-17-26(35-3)27(36-4)18-23(22)30(31)32/h5-7,9-10,15-18,28H,8,11-14H2,1-4H3. The molecule has 1 unspecified atom stereocenters. The largest absolute Gasteiger partial charge is 0.493 e. The number of ether oxygens (including phenoxy) is 4. The molecule has 1 heterocycles. The number of nitro groups is 1. The summed E-state index contributed by atoms with van der Waals surface area (Å²) in [6.45, 7) is 1.53. The van der Waals surface area contributed by atoms with Crippen molar-refractivity contribution < 1.29 is 23.9 Å². The number of benzene rings is 3. The summed E-state index contributed by atoms with van der Waals surface area (Å²) < 4.78 is 22.0. The molecule has 1 aliphatic heterocycles. The lowest BCUT2D eigenvalue weighted by molar-refractivity contribution is -0.386. The summed E-state index contributed by atoms with van der Waals surface area (Å²) in [5.41, 5.74) is 3.88. The highest BCUT2D eigenvalue weighted by Crippen LogP contribution is 2.46. The molecule has 4 rings (SSSR count). The molecule has 0 aromatic heterocycles. The van der Waals surface area contributed by atoms with Gasteiger partial charge in [-0.05, 0) is 60.7 Å². The van der Waals surface area contributed by atoms with Crippen molar-refractivity contribution in [3.63, 3.8) is 0 Å². The summed E-state index contributed by atoms with van der Waals surface area (Å²) in [4.78, 5) is 14.2. The van der Waals surface area contributed by atoms with E-state index in [9.17, 15) is 10.1 Å². The Kier molecular flexibility index (Phi) is 7.95. The Morgan fingerprint density at radius 2 is 1.44 bits per heavy atom. The highest BCUT2D eigenvalue weighted by atomic mass is 16.6. The third kappa shape index (κ3) is 5.09. The Labute approximate surface area is 211 Å². The molecule has 0 bridgehead atoms. The van der Waals surface area contributed by atoms with E-state index in [1.54, 1.807) is 20.3 Å². The molecule has 190 valence electrons. The van der Waals surface area contributed by atoms with Gasteiger partial charge in [-0.15, -0.1) is 0 Å². The van der Waals surface area contributed by atoms with Crippen LogP contribution in [0.2, 0.25) is 0 Å². The van der Waals surface area contributed by atoms with Gasteiger partial charge in [0.25, 0.3) is 5.69 Å². The van der Waals surface area contributed by atoms with Gasteiger partial charge in [0.15, 0.2) is 23.0 Å². The minimum absolute atomic E-state index is 0.00616. The van der Waals surface area contributed by atoms with E-state index in [1.807, 2.05) is 30.3 Å². The number of rotatable bonds is 10. The minimum atomic E-state index is -0.357. The van der Waals surface area contributed by atoms with Gasteiger partial charge in [-0.2, -0.15) is 0 Å². The average molecular weight is 493 g/mol. The maximum Gasteiger partial charge on any atom is 0.278 e. The van der Waals surface area contributed by atoms with Crippen LogP contribution in [0.5, 0.6) is 23.0 Å². The van der Waals surface area contributed by atoms with E-state index in [0.29, 0.717) is 28.6 Å². The fourth-order valence-electron chi connectivity index (χ4n) is 4.99. The van der Waals surface area contributed by atoms with E-state index in [4.69, 9.17) is 18.9 Å². The zero-order valence-electron chi connectivity index (χ0n) is 21.2. The quantitative estimate of drug-likeness (QED) is 0.284. The third-order valence-electron chi connectivity index (χ3n) is 6.75. The summed E-state index contributed by atoms with van der Waals surface area (Å²) in [6.07, 6.45) is 2.65. The Morgan fingerprint density at radius 1 is 0.861 bits per heavy atom. The second-order valence-electron chi connectivity index (χ2n) is 8.71. The van der Waals surface area contributed by atoms with Crippen molar-refractivity contribution in [1.29, 1.82) is 0 Å².